The molecule has 0 radical (unpaired) electrons. The lowest BCUT2D eigenvalue weighted by molar-refractivity contribution is -0.384. The Hall–Kier alpha value is -3.22. The van der Waals surface area contributed by atoms with E-state index in [0.717, 1.165) is 17.5 Å². The van der Waals surface area contributed by atoms with Gasteiger partial charge in [-0.05, 0) is 24.1 Å². The molecule has 1 aliphatic heterocycles. The molecule has 0 fully saturated rings. The van der Waals surface area contributed by atoms with Gasteiger partial charge >= 0.3 is 0 Å². The van der Waals surface area contributed by atoms with Crippen LogP contribution in [0, 0.1) is 10.1 Å². The number of carbonyl (C=O) groups excluding carboxylic acids is 1. The van der Waals surface area contributed by atoms with Crippen LogP contribution in [-0.4, -0.2) is 37.2 Å². The lowest BCUT2D eigenvalue weighted by Gasteiger charge is -2.19. The molecule has 3 rings (SSSR count). The van der Waals surface area contributed by atoms with E-state index in [1.807, 2.05) is 12.1 Å². The van der Waals surface area contributed by atoms with Crippen LogP contribution in [0.1, 0.15) is 27.9 Å². The molecule has 134 valence electrons. The zero-order chi connectivity index (χ0) is 18.7. The maximum Gasteiger partial charge on any atom is 0.270 e. The second-order valence-electron chi connectivity index (χ2n) is 5.85. The number of hydrogen-bond donors (Lipinski definition) is 0. The van der Waals surface area contributed by atoms with E-state index in [0.29, 0.717) is 29.3 Å². The van der Waals surface area contributed by atoms with Crippen molar-refractivity contribution in [1.82, 2.24) is 0 Å². The second-order valence-corrected chi connectivity index (χ2v) is 5.85. The van der Waals surface area contributed by atoms with E-state index >= 15 is 0 Å². The monoisotopic (exact) mass is 354 g/mol. The maximum atomic E-state index is 12.6. The Morgan fingerprint density at radius 1 is 1.19 bits per heavy atom. The first-order valence-electron chi connectivity index (χ1n) is 8.09. The SMILES string of the molecule is COc1cc2c(cc1OC)C(CC(=O)c1cccc([N+](=O)[O-])c1)=NCC2. The van der Waals surface area contributed by atoms with Gasteiger partial charge in [-0.25, -0.2) is 0 Å². The second kappa shape index (κ2) is 7.35. The van der Waals surface area contributed by atoms with Gasteiger partial charge in [-0.1, -0.05) is 12.1 Å². The highest BCUT2D eigenvalue weighted by atomic mass is 16.6. The Labute approximate surface area is 150 Å². The number of ketones is 1. The Kier molecular flexibility index (Phi) is 4.97. The number of benzene rings is 2. The number of nitro groups is 1. The Morgan fingerprint density at radius 3 is 2.62 bits per heavy atom. The molecule has 0 aliphatic carbocycles. The van der Waals surface area contributed by atoms with Gasteiger partial charge in [0.15, 0.2) is 17.3 Å². The Morgan fingerprint density at radius 2 is 1.92 bits per heavy atom. The van der Waals surface area contributed by atoms with Crippen LogP contribution >= 0.6 is 0 Å². The third-order valence-electron chi connectivity index (χ3n) is 4.31. The van der Waals surface area contributed by atoms with Gasteiger partial charge in [0.2, 0.25) is 0 Å². The van der Waals surface area contributed by atoms with Crippen LogP contribution in [-0.2, 0) is 6.42 Å². The summed E-state index contributed by atoms with van der Waals surface area (Å²) in [5, 5.41) is 10.9. The number of fused-ring (bicyclic) bond motifs is 1. The first kappa shape index (κ1) is 17.6. The summed E-state index contributed by atoms with van der Waals surface area (Å²) in [6, 6.07) is 9.47. The van der Waals surface area contributed by atoms with Crippen molar-refractivity contribution in [3.63, 3.8) is 0 Å². The first-order chi connectivity index (χ1) is 12.5. The highest BCUT2D eigenvalue weighted by Crippen LogP contribution is 2.33. The van der Waals surface area contributed by atoms with E-state index in [-0.39, 0.29) is 17.9 Å². The number of Topliss-reactive ketones (excluding diaryl/α,β-unsaturated/α-hetero) is 1. The van der Waals surface area contributed by atoms with Crippen molar-refractivity contribution < 1.29 is 19.2 Å². The predicted molar refractivity (Wildman–Crippen MR) is 96.7 cm³/mol. The summed E-state index contributed by atoms with van der Waals surface area (Å²) < 4.78 is 10.7. The minimum Gasteiger partial charge on any atom is -0.493 e. The van der Waals surface area contributed by atoms with E-state index < -0.39 is 4.92 Å². The highest BCUT2D eigenvalue weighted by molar-refractivity contribution is 6.17. The molecule has 7 nitrogen and oxygen atoms in total. The summed E-state index contributed by atoms with van der Waals surface area (Å²) in [6.45, 7) is 0.583. The summed E-state index contributed by atoms with van der Waals surface area (Å²) in [6.07, 6.45) is 0.827. The van der Waals surface area contributed by atoms with Crippen molar-refractivity contribution >= 4 is 17.2 Å². The minimum absolute atomic E-state index is 0.0731. The van der Waals surface area contributed by atoms with Gasteiger partial charge in [0.1, 0.15) is 0 Å². The van der Waals surface area contributed by atoms with Crippen LogP contribution in [0.15, 0.2) is 41.4 Å². The standard InChI is InChI=1S/C19H18N2O5/c1-25-18-9-12-6-7-20-16(15(12)10-19(18)26-2)11-17(22)13-4-3-5-14(8-13)21(23)24/h3-5,8-10H,6-7,11H2,1-2H3. The van der Waals surface area contributed by atoms with Gasteiger partial charge in [-0.2, -0.15) is 0 Å². The highest BCUT2D eigenvalue weighted by Gasteiger charge is 2.21. The largest absolute Gasteiger partial charge is 0.493 e. The van der Waals surface area contributed by atoms with Gasteiger partial charge in [-0.3, -0.25) is 19.9 Å². The topological polar surface area (TPSA) is 91.0 Å². The van der Waals surface area contributed by atoms with Crippen LogP contribution in [0.2, 0.25) is 0 Å². The molecule has 7 heteroatoms. The summed E-state index contributed by atoms with van der Waals surface area (Å²) in [5.41, 5.74) is 2.75. The van der Waals surface area contributed by atoms with Crippen molar-refractivity contribution in [1.29, 1.82) is 0 Å². The van der Waals surface area contributed by atoms with Crippen molar-refractivity contribution in [2.24, 2.45) is 4.99 Å². The average Bonchev–Trinajstić information content (AvgIpc) is 2.67. The molecule has 0 N–H and O–H groups in total. The number of carbonyl (C=O) groups is 1. The fourth-order valence-corrected chi connectivity index (χ4v) is 2.99. The molecule has 26 heavy (non-hydrogen) atoms. The van der Waals surface area contributed by atoms with Gasteiger partial charge in [-0.15, -0.1) is 0 Å². The van der Waals surface area contributed by atoms with E-state index in [4.69, 9.17) is 9.47 Å². The van der Waals surface area contributed by atoms with E-state index in [1.54, 1.807) is 20.3 Å². The predicted octanol–water partition coefficient (Wildman–Crippen LogP) is 3.23. The third kappa shape index (κ3) is 3.42. The summed E-state index contributed by atoms with van der Waals surface area (Å²) in [7, 11) is 3.13. The molecule has 0 aromatic heterocycles. The summed E-state index contributed by atoms with van der Waals surface area (Å²) in [5.74, 6) is 0.997. The van der Waals surface area contributed by atoms with Gasteiger partial charge in [0.05, 0.1) is 31.3 Å². The number of ether oxygens (including phenoxy) is 2. The average molecular weight is 354 g/mol. The normalized spacial score (nSPS) is 12.8. The third-order valence-corrected chi connectivity index (χ3v) is 4.31. The van der Waals surface area contributed by atoms with Crippen molar-refractivity contribution in [3.05, 3.63) is 63.2 Å². The Balaban J connectivity index is 1.90. The number of methoxy groups -OCH3 is 2. The van der Waals surface area contributed by atoms with Gasteiger partial charge in [0, 0.05) is 29.8 Å². The molecule has 0 saturated carbocycles. The van der Waals surface area contributed by atoms with Gasteiger partial charge in [0.25, 0.3) is 5.69 Å². The van der Waals surface area contributed by atoms with Crippen molar-refractivity contribution in [2.75, 3.05) is 20.8 Å². The molecule has 0 atom stereocenters. The van der Waals surface area contributed by atoms with Crippen LogP contribution in [0.4, 0.5) is 5.69 Å². The van der Waals surface area contributed by atoms with Crippen LogP contribution < -0.4 is 9.47 Å². The molecule has 0 spiro atoms. The van der Waals surface area contributed by atoms with E-state index in [9.17, 15) is 14.9 Å². The quantitative estimate of drug-likeness (QED) is 0.451. The van der Waals surface area contributed by atoms with E-state index in [1.165, 1.54) is 18.2 Å². The zero-order valence-corrected chi connectivity index (χ0v) is 14.5. The van der Waals surface area contributed by atoms with E-state index in [2.05, 4.69) is 4.99 Å². The molecule has 0 unspecified atom stereocenters. The lowest BCUT2D eigenvalue weighted by Crippen LogP contribution is -2.17. The molecular formula is C19H18N2O5. The number of rotatable bonds is 6. The fraction of sp³-hybridized carbons (Fsp3) is 0.263. The Bertz CT molecular complexity index is 905. The number of aliphatic imine (C=N–C) groups is 1. The number of non-ortho nitro benzene ring substituents is 1. The smallest absolute Gasteiger partial charge is 0.270 e. The van der Waals surface area contributed by atoms with Crippen molar-refractivity contribution in [3.8, 4) is 11.5 Å². The number of hydrogen-bond acceptors (Lipinski definition) is 6. The van der Waals surface area contributed by atoms with Crippen LogP contribution in [0.25, 0.3) is 0 Å². The maximum absolute atomic E-state index is 12.6. The van der Waals surface area contributed by atoms with Gasteiger partial charge < -0.3 is 9.47 Å². The zero-order valence-electron chi connectivity index (χ0n) is 14.5. The first-order valence-corrected chi connectivity index (χ1v) is 8.09. The van der Waals surface area contributed by atoms with Crippen LogP contribution in [0.3, 0.4) is 0 Å². The lowest BCUT2D eigenvalue weighted by atomic mass is 9.92. The fourth-order valence-electron chi connectivity index (χ4n) is 2.99. The minimum atomic E-state index is -0.513. The molecule has 0 bridgehead atoms. The molecule has 1 aliphatic rings. The molecule has 1 heterocycles. The molecule has 2 aromatic carbocycles. The van der Waals surface area contributed by atoms with Crippen molar-refractivity contribution in [2.45, 2.75) is 12.8 Å². The summed E-state index contributed by atoms with van der Waals surface area (Å²) >= 11 is 0. The summed E-state index contributed by atoms with van der Waals surface area (Å²) in [4.78, 5) is 27.5. The number of nitrogens with zero attached hydrogens (tertiary/aromatic N) is 2. The molecule has 2 aromatic rings. The molecular weight excluding hydrogens is 336 g/mol. The molecule has 0 amide bonds. The number of nitro benzene ring substituents is 1. The molecule has 0 saturated heterocycles. The van der Waals surface area contributed by atoms with Crippen LogP contribution in [0.5, 0.6) is 11.5 Å².